The van der Waals surface area contributed by atoms with Crippen LogP contribution < -0.4 is 10.6 Å². The van der Waals surface area contributed by atoms with Crippen molar-refractivity contribution in [3.63, 3.8) is 0 Å². The second-order valence-electron chi connectivity index (χ2n) is 5.29. The SMILES string of the molecule is CCCNc1nc(C)cc(NCC2CCS(=O)(=O)C2)n1. The molecule has 7 heteroatoms. The number of nitrogens with one attached hydrogen (secondary N) is 2. The van der Waals surface area contributed by atoms with Crippen LogP contribution >= 0.6 is 0 Å². The molecule has 0 saturated carbocycles. The number of nitrogens with zero attached hydrogens (tertiary/aromatic N) is 2. The van der Waals surface area contributed by atoms with Gasteiger partial charge >= 0.3 is 0 Å². The molecule has 112 valence electrons. The van der Waals surface area contributed by atoms with E-state index in [1.807, 2.05) is 13.0 Å². The summed E-state index contributed by atoms with van der Waals surface area (Å²) in [5.41, 5.74) is 0.889. The molecular formula is C13H22N4O2S. The standard InChI is InChI=1S/C13H22N4O2S/c1-3-5-14-13-16-10(2)7-12(17-13)15-8-11-4-6-20(18,19)9-11/h7,11H,3-6,8-9H2,1-2H3,(H2,14,15,16,17). The molecule has 0 aromatic carbocycles. The van der Waals surface area contributed by atoms with Crippen LogP contribution in [0.2, 0.25) is 0 Å². The van der Waals surface area contributed by atoms with Crippen LogP contribution in [-0.2, 0) is 9.84 Å². The van der Waals surface area contributed by atoms with Crippen molar-refractivity contribution in [2.75, 3.05) is 35.2 Å². The molecule has 1 aliphatic rings. The van der Waals surface area contributed by atoms with Crippen molar-refractivity contribution >= 4 is 21.6 Å². The molecule has 0 bridgehead atoms. The maximum absolute atomic E-state index is 11.4. The highest BCUT2D eigenvalue weighted by Crippen LogP contribution is 2.19. The number of hydrogen-bond acceptors (Lipinski definition) is 6. The summed E-state index contributed by atoms with van der Waals surface area (Å²) in [5, 5.41) is 6.38. The minimum atomic E-state index is -2.81. The summed E-state index contributed by atoms with van der Waals surface area (Å²) in [6.45, 7) is 5.49. The normalized spacial score (nSPS) is 20.8. The van der Waals surface area contributed by atoms with E-state index >= 15 is 0 Å². The van der Waals surface area contributed by atoms with Gasteiger partial charge < -0.3 is 10.6 Å². The topological polar surface area (TPSA) is 84.0 Å². The lowest BCUT2D eigenvalue weighted by atomic mass is 10.1. The van der Waals surface area contributed by atoms with Crippen LogP contribution in [0, 0.1) is 12.8 Å². The van der Waals surface area contributed by atoms with Crippen molar-refractivity contribution in [2.45, 2.75) is 26.7 Å². The zero-order valence-electron chi connectivity index (χ0n) is 12.0. The first kappa shape index (κ1) is 15.0. The van der Waals surface area contributed by atoms with E-state index in [0.717, 1.165) is 30.9 Å². The zero-order chi connectivity index (χ0) is 14.6. The third-order valence-electron chi connectivity index (χ3n) is 3.29. The molecule has 0 radical (unpaired) electrons. The minimum absolute atomic E-state index is 0.183. The van der Waals surface area contributed by atoms with Gasteiger partial charge in [0.25, 0.3) is 0 Å². The fourth-order valence-electron chi connectivity index (χ4n) is 2.26. The molecule has 2 rings (SSSR count). The number of rotatable bonds is 6. The number of aromatic nitrogens is 2. The third kappa shape index (κ3) is 4.33. The second-order valence-corrected chi connectivity index (χ2v) is 7.52. The van der Waals surface area contributed by atoms with Crippen LogP contribution in [0.15, 0.2) is 6.07 Å². The molecule has 1 atom stereocenters. The van der Waals surface area contributed by atoms with E-state index in [4.69, 9.17) is 0 Å². The lowest BCUT2D eigenvalue weighted by Crippen LogP contribution is -2.17. The first-order valence-electron chi connectivity index (χ1n) is 7.02. The molecule has 6 nitrogen and oxygen atoms in total. The molecule has 20 heavy (non-hydrogen) atoms. The summed E-state index contributed by atoms with van der Waals surface area (Å²) in [5.74, 6) is 2.15. The van der Waals surface area contributed by atoms with Crippen molar-refractivity contribution in [2.24, 2.45) is 5.92 Å². The molecule has 0 amide bonds. The molecule has 1 aliphatic heterocycles. The van der Waals surface area contributed by atoms with Gasteiger partial charge in [-0.2, -0.15) is 4.98 Å². The molecule has 1 saturated heterocycles. The lowest BCUT2D eigenvalue weighted by Gasteiger charge is -2.12. The monoisotopic (exact) mass is 298 g/mol. The molecule has 1 aromatic rings. The van der Waals surface area contributed by atoms with Gasteiger partial charge in [0.2, 0.25) is 5.95 Å². The maximum atomic E-state index is 11.4. The fourth-order valence-corrected chi connectivity index (χ4v) is 4.12. The number of anilines is 2. The molecule has 1 aromatic heterocycles. The largest absolute Gasteiger partial charge is 0.370 e. The van der Waals surface area contributed by atoms with Crippen molar-refractivity contribution in [1.82, 2.24) is 9.97 Å². The van der Waals surface area contributed by atoms with Crippen molar-refractivity contribution in [1.29, 1.82) is 0 Å². The van der Waals surface area contributed by atoms with E-state index in [9.17, 15) is 8.42 Å². The Morgan fingerprint density at radius 3 is 2.80 bits per heavy atom. The fraction of sp³-hybridized carbons (Fsp3) is 0.692. The van der Waals surface area contributed by atoms with Gasteiger partial charge in [-0.25, -0.2) is 13.4 Å². The average Bonchev–Trinajstić information content (AvgIpc) is 2.73. The molecule has 1 fully saturated rings. The van der Waals surface area contributed by atoms with E-state index in [1.54, 1.807) is 0 Å². The summed E-state index contributed by atoms with van der Waals surface area (Å²) in [4.78, 5) is 8.70. The minimum Gasteiger partial charge on any atom is -0.370 e. The number of hydrogen-bond donors (Lipinski definition) is 2. The van der Waals surface area contributed by atoms with Crippen LogP contribution in [-0.4, -0.2) is 43.0 Å². The van der Waals surface area contributed by atoms with Gasteiger partial charge in [-0.15, -0.1) is 0 Å². The van der Waals surface area contributed by atoms with Crippen molar-refractivity contribution < 1.29 is 8.42 Å². The Morgan fingerprint density at radius 2 is 2.15 bits per heavy atom. The summed E-state index contributed by atoms with van der Waals surface area (Å²) >= 11 is 0. The quantitative estimate of drug-likeness (QED) is 0.827. The Balaban J connectivity index is 1.94. The Morgan fingerprint density at radius 1 is 1.35 bits per heavy atom. The van der Waals surface area contributed by atoms with E-state index in [1.165, 1.54) is 0 Å². The highest BCUT2D eigenvalue weighted by Gasteiger charge is 2.27. The van der Waals surface area contributed by atoms with E-state index < -0.39 is 9.84 Å². The highest BCUT2D eigenvalue weighted by atomic mass is 32.2. The molecule has 2 N–H and O–H groups in total. The van der Waals surface area contributed by atoms with E-state index in [-0.39, 0.29) is 11.7 Å². The van der Waals surface area contributed by atoms with Gasteiger partial charge in [0.05, 0.1) is 11.5 Å². The van der Waals surface area contributed by atoms with Gasteiger partial charge in [-0.1, -0.05) is 6.92 Å². The zero-order valence-corrected chi connectivity index (χ0v) is 12.8. The van der Waals surface area contributed by atoms with Crippen LogP contribution in [0.3, 0.4) is 0 Å². The van der Waals surface area contributed by atoms with Crippen LogP contribution in [0.5, 0.6) is 0 Å². The lowest BCUT2D eigenvalue weighted by molar-refractivity contribution is 0.595. The van der Waals surface area contributed by atoms with Gasteiger partial charge in [0.15, 0.2) is 9.84 Å². The summed E-state index contributed by atoms with van der Waals surface area (Å²) in [6.07, 6.45) is 1.75. The number of aryl methyl sites for hydroxylation is 1. The Hall–Kier alpha value is -1.37. The van der Waals surface area contributed by atoms with Crippen molar-refractivity contribution in [3.05, 3.63) is 11.8 Å². The molecule has 2 heterocycles. The van der Waals surface area contributed by atoms with Gasteiger partial charge in [-0.05, 0) is 25.7 Å². The van der Waals surface area contributed by atoms with E-state index in [0.29, 0.717) is 18.2 Å². The van der Waals surface area contributed by atoms with Crippen molar-refractivity contribution in [3.8, 4) is 0 Å². The third-order valence-corrected chi connectivity index (χ3v) is 5.12. The highest BCUT2D eigenvalue weighted by molar-refractivity contribution is 7.91. The molecule has 0 aliphatic carbocycles. The number of sulfone groups is 1. The van der Waals surface area contributed by atoms with Gasteiger partial charge in [-0.3, -0.25) is 0 Å². The molecular weight excluding hydrogens is 276 g/mol. The first-order chi connectivity index (χ1) is 9.48. The molecule has 1 unspecified atom stereocenters. The Bertz CT molecular complexity index is 559. The van der Waals surface area contributed by atoms with Gasteiger partial charge in [0.1, 0.15) is 5.82 Å². The molecule has 0 spiro atoms. The summed E-state index contributed by atoms with van der Waals surface area (Å²) in [7, 11) is -2.81. The van der Waals surface area contributed by atoms with Gasteiger partial charge in [0, 0.05) is 24.8 Å². The Kier molecular flexibility index (Phi) is 4.80. The maximum Gasteiger partial charge on any atom is 0.224 e. The average molecular weight is 298 g/mol. The second kappa shape index (κ2) is 6.39. The van der Waals surface area contributed by atoms with E-state index in [2.05, 4.69) is 27.5 Å². The summed E-state index contributed by atoms with van der Waals surface area (Å²) in [6, 6.07) is 1.88. The van der Waals surface area contributed by atoms with Crippen LogP contribution in [0.4, 0.5) is 11.8 Å². The van der Waals surface area contributed by atoms with Crippen LogP contribution in [0.1, 0.15) is 25.5 Å². The Labute approximate surface area is 120 Å². The predicted molar refractivity (Wildman–Crippen MR) is 80.8 cm³/mol. The summed E-state index contributed by atoms with van der Waals surface area (Å²) < 4.78 is 22.8. The predicted octanol–water partition coefficient (Wildman–Crippen LogP) is 1.45. The first-order valence-corrected chi connectivity index (χ1v) is 8.84. The van der Waals surface area contributed by atoms with Crippen LogP contribution in [0.25, 0.3) is 0 Å². The smallest absolute Gasteiger partial charge is 0.224 e.